The third-order valence-corrected chi connectivity index (χ3v) is 5.01. The van der Waals surface area contributed by atoms with Crippen LogP contribution in [-0.2, 0) is 0 Å². The number of rotatable bonds is 7. The lowest BCUT2D eigenvalue weighted by molar-refractivity contribution is 0.969. The van der Waals surface area contributed by atoms with E-state index < -0.39 is 0 Å². The number of hydrogen-bond acceptors (Lipinski definition) is 7. The fourth-order valence-electron chi connectivity index (χ4n) is 2.90. The number of aromatic nitrogens is 4. The van der Waals surface area contributed by atoms with Gasteiger partial charge in [-0.3, -0.25) is 4.57 Å². The standard InChI is InChI=1S/C20H23N7S/c1-4-9-21-18-17-19(27(13-22-17)16-8-10-28-12-16)25-20(24-18)23-14-6-5-7-15(11-14)26(2)3/h5-8,10-13H,4,9H2,1-3H3,(H2,21,23,24,25). The van der Waals surface area contributed by atoms with E-state index in [1.54, 1.807) is 17.7 Å². The number of nitrogens with one attached hydrogen (secondary N) is 2. The first-order chi connectivity index (χ1) is 13.7. The van der Waals surface area contributed by atoms with Crippen molar-refractivity contribution >= 4 is 45.6 Å². The molecule has 3 aromatic heterocycles. The van der Waals surface area contributed by atoms with Crippen LogP contribution in [0, 0.1) is 0 Å². The minimum absolute atomic E-state index is 0.541. The predicted octanol–water partition coefficient (Wildman–Crippen LogP) is 4.51. The normalized spacial score (nSPS) is 11.0. The van der Waals surface area contributed by atoms with Crippen molar-refractivity contribution in [3.05, 3.63) is 47.4 Å². The molecule has 0 spiro atoms. The third kappa shape index (κ3) is 3.63. The number of imidazole rings is 1. The van der Waals surface area contributed by atoms with Crippen LogP contribution in [0.4, 0.5) is 23.1 Å². The first kappa shape index (κ1) is 18.2. The lowest BCUT2D eigenvalue weighted by Crippen LogP contribution is -2.09. The molecule has 0 aliphatic rings. The molecule has 28 heavy (non-hydrogen) atoms. The van der Waals surface area contributed by atoms with Crippen LogP contribution in [0.1, 0.15) is 13.3 Å². The lowest BCUT2D eigenvalue weighted by atomic mass is 10.2. The molecule has 0 aliphatic heterocycles. The highest BCUT2D eigenvalue weighted by atomic mass is 32.1. The molecule has 0 saturated carbocycles. The van der Waals surface area contributed by atoms with Crippen LogP contribution in [0.3, 0.4) is 0 Å². The molecule has 3 heterocycles. The molecule has 0 bridgehead atoms. The third-order valence-electron chi connectivity index (χ3n) is 4.34. The fraction of sp³-hybridized carbons (Fsp3) is 0.250. The van der Waals surface area contributed by atoms with E-state index in [9.17, 15) is 0 Å². The topological polar surface area (TPSA) is 70.9 Å². The van der Waals surface area contributed by atoms with Crippen LogP contribution in [0.5, 0.6) is 0 Å². The summed E-state index contributed by atoms with van der Waals surface area (Å²) >= 11 is 1.65. The van der Waals surface area contributed by atoms with Crippen molar-refractivity contribution in [1.29, 1.82) is 0 Å². The molecule has 0 unspecified atom stereocenters. The van der Waals surface area contributed by atoms with E-state index in [-0.39, 0.29) is 0 Å². The van der Waals surface area contributed by atoms with Gasteiger partial charge in [-0.25, -0.2) is 4.98 Å². The van der Waals surface area contributed by atoms with E-state index >= 15 is 0 Å². The van der Waals surface area contributed by atoms with Gasteiger partial charge >= 0.3 is 0 Å². The van der Waals surface area contributed by atoms with Gasteiger partial charge in [0.15, 0.2) is 17.0 Å². The number of hydrogen-bond donors (Lipinski definition) is 2. The number of benzene rings is 1. The van der Waals surface area contributed by atoms with E-state index in [0.29, 0.717) is 5.95 Å². The lowest BCUT2D eigenvalue weighted by Gasteiger charge is -2.14. The van der Waals surface area contributed by atoms with Crippen LogP contribution < -0.4 is 15.5 Å². The second kappa shape index (κ2) is 7.85. The molecule has 0 radical (unpaired) electrons. The zero-order valence-corrected chi connectivity index (χ0v) is 17.0. The van der Waals surface area contributed by atoms with Gasteiger partial charge in [-0.05, 0) is 36.1 Å². The number of fused-ring (bicyclic) bond motifs is 1. The zero-order valence-electron chi connectivity index (χ0n) is 16.2. The number of thiophene rings is 1. The monoisotopic (exact) mass is 393 g/mol. The van der Waals surface area contributed by atoms with E-state index in [1.165, 1.54) is 0 Å². The second-order valence-corrected chi connectivity index (χ2v) is 7.44. The SMILES string of the molecule is CCCNc1nc(Nc2cccc(N(C)C)c2)nc2c1ncn2-c1ccsc1. The Labute approximate surface area is 168 Å². The largest absolute Gasteiger partial charge is 0.378 e. The van der Waals surface area contributed by atoms with Gasteiger partial charge in [-0.2, -0.15) is 21.3 Å². The summed E-state index contributed by atoms with van der Waals surface area (Å²) in [5, 5.41) is 10.8. The minimum Gasteiger partial charge on any atom is -0.378 e. The average molecular weight is 394 g/mol. The van der Waals surface area contributed by atoms with Crippen molar-refractivity contribution in [1.82, 2.24) is 19.5 Å². The quantitative estimate of drug-likeness (QED) is 0.481. The Balaban J connectivity index is 1.77. The molecule has 0 amide bonds. The molecular weight excluding hydrogens is 370 g/mol. The summed E-state index contributed by atoms with van der Waals surface area (Å²) in [4.78, 5) is 16.1. The first-order valence-electron chi connectivity index (χ1n) is 9.21. The molecule has 0 aliphatic carbocycles. The smallest absolute Gasteiger partial charge is 0.231 e. The van der Waals surface area contributed by atoms with Crippen LogP contribution in [0.25, 0.3) is 16.9 Å². The molecule has 4 aromatic rings. The van der Waals surface area contributed by atoms with Gasteiger partial charge < -0.3 is 15.5 Å². The van der Waals surface area contributed by atoms with E-state index in [0.717, 1.165) is 47.0 Å². The molecule has 0 fully saturated rings. The number of nitrogens with zero attached hydrogens (tertiary/aromatic N) is 5. The van der Waals surface area contributed by atoms with E-state index in [4.69, 9.17) is 4.98 Å². The summed E-state index contributed by atoms with van der Waals surface area (Å²) in [6.45, 7) is 2.95. The predicted molar refractivity (Wildman–Crippen MR) is 117 cm³/mol. The Bertz CT molecular complexity index is 1070. The Kier molecular flexibility index (Phi) is 5.12. The van der Waals surface area contributed by atoms with Crippen molar-refractivity contribution in [3.63, 3.8) is 0 Å². The summed E-state index contributed by atoms with van der Waals surface area (Å²) in [6, 6.07) is 10.2. The van der Waals surface area contributed by atoms with Gasteiger partial charge in [0.1, 0.15) is 6.33 Å². The highest BCUT2D eigenvalue weighted by molar-refractivity contribution is 7.08. The van der Waals surface area contributed by atoms with E-state index in [1.807, 2.05) is 36.2 Å². The van der Waals surface area contributed by atoms with Gasteiger partial charge in [-0.15, -0.1) is 0 Å². The summed E-state index contributed by atoms with van der Waals surface area (Å²) in [5.41, 5.74) is 4.64. The van der Waals surface area contributed by atoms with Gasteiger partial charge in [-0.1, -0.05) is 13.0 Å². The molecule has 8 heteroatoms. The molecule has 2 N–H and O–H groups in total. The maximum Gasteiger partial charge on any atom is 0.231 e. The summed E-state index contributed by atoms with van der Waals surface area (Å²) in [7, 11) is 4.04. The highest BCUT2D eigenvalue weighted by Gasteiger charge is 2.14. The zero-order chi connectivity index (χ0) is 19.5. The Morgan fingerprint density at radius 1 is 1.18 bits per heavy atom. The first-order valence-corrected chi connectivity index (χ1v) is 10.2. The van der Waals surface area contributed by atoms with Crippen LogP contribution in [0.2, 0.25) is 0 Å². The van der Waals surface area contributed by atoms with Crippen LogP contribution in [0.15, 0.2) is 47.4 Å². The maximum atomic E-state index is 4.76. The van der Waals surface area contributed by atoms with Crippen molar-refractivity contribution < 1.29 is 0 Å². The summed E-state index contributed by atoms with van der Waals surface area (Å²) in [6.07, 6.45) is 2.80. The minimum atomic E-state index is 0.541. The maximum absolute atomic E-state index is 4.76. The van der Waals surface area contributed by atoms with Gasteiger partial charge in [0, 0.05) is 37.4 Å². The summed E-state index contributed by atoms with van der Waals surface area (Å²) in [5.74, 6) is 1.28. The molecule has 0 atom stereocenters. The Morgan fingerprint density at radius 2 is 2.07 bits per heavy atom. The van der Waals surface area contributed by atoms with Gasteiger partial charge in [0.25, 0.3) is 0 Å². The molecule has 144 valence electrons. The number of anilines is 4. The Morgan fingerprint density at radius 3 is 2.82 bits per heavy atom. The van der Waals surface area contributed by atoms with Crippen LogP contribution in [-0.4, -0.2) is 40.2 Å². The second-order valence-electron chi connectivity index (χ2n) is 6.66. The highest BCUT2D eigenvalue weighted by Crippen LogP contribution is 2.26. The molecule has 4 rings (SSSR count). The van der Waals surface area contributed by atoms with Gasteiger partial charge in [0.2, 0.25) is 5.95 Å². The average Bonchev–Trinajstić information content (AvgIpc) is 3.35. The van der Waals surface area contributed by atoms with Crippen LogP contribution >= 0.6 is 11.3 Å². The van der Waals surface area contributed by atoms with E-state index in [2.05, 4.69) is 56.0 Å². The molecule has 1 aromatic carbocycles. The summed E-state index contributed by atoms with van der Waals surface area (Å²) < 4.78 is 1.99. The molecular formula is C20H23N7S. The van der Waals surface area contributed by atoms with Gasteiger partial charge in [0.05, 0.1) is 5.69 Å². The molecule has 7 nitrogen and oxygen atoms in total. The van der Waals surface area contributed by atoms with Crippen molar-refractivity contribution in [2.24, 2.45) is 0 Å². The molecule has 0 saturated heterocycles. The van der Waals surface area contributed by atoms with Crippen molar-refractivity contribution in [2.45, 2.75) is 13.3 Å². The van der Waals surface area contributed by atoms with Crippen molar-refractivity contribution in [3.8, 4) is 5.69 Å². The van der Waals surface area contributed by atoms with Crippen molar-refractivity contribution in [2.75, 3.05) is 36.2 Å². The fourth-order valence-corrected chi connectivity index (χ4v) is 3.52. The Hall–Kier alpha value is -3.13.